The molecule has 0 bridgehead atoms. The molecule has 4 heteroatoms. The van der Waals surface area contributed by atoms with Crippen molar-refractivity contribution < 1.29 is 0 Å². The summed E-state index contributed by atoms with van der Waals surface area (Å²) in [7, 11) is 0. The van der Waals surface area contributed by atoms with Gasteiger partial charge in [0.05, 0.1) is 11.3 Å². The molecular weight excluding hydrogens is 250 g/mol. The molecule has 104 valence electrons. The summed E-state index contributed by atoms with van der Waals surface area (Å²) >= 11 is 0. The van der Waals surface area contributed by atoms with Crippen LogP contribution in [0.4, 0.5) is 0 Å². The second kappa shape index (κ2) is 5.33. The van der Waals surface area contributed by atoms with Gasteiger partial charge in [-0.3, -0.25) is 10.2 Å². The first-order valence-electron chi connectivity index (χ1n) is 6.61. The van der Waals surface area contributed by atoms with Crippen molar-refractivity contribution in [1.29, 1.82) is 5.41 Å². The van der Waals surface area contributed by atoms with Crippen LogP contribution in [0.5, 0.6) is 0 Å². The molecule has 1 aromatic carbocycles. The van der Waals surface area contributed by atoms with Gasteiger partial charge in [-0.05, 0) is 44.5 Å². The van der Waals surface area contributed by atoms with Crippen molar-refractivity contribution in [2.45, 2.75) is 27.3 Å². The topological polar surface area (TPSA) is 71.9 Å². The summed E-state index contributed by atoms with van der Waals surface area (Å²) in [4.78, 5) is 12.4. The van der Waals surface area contributed by atoms with Gasteiger partial charge in [-0.2, -0.15) is 0 Å². The van der Waals surface area contributed by atoms with E-state index < -0.39 is 0 Å². The highest BCUT2D eigenvalue weighted by atomic mass is 16.1. The van der Waals surface area contributed by atoms with Gasteiger partial charge < -0.3 is 10.3 Å². The van der Waals surface area contributed by atoms with Crippen LogP contribution in [0, 0.1) is 19.3 Å². The minimum atomic E-state index is -0.210. The lowest BCUT2D eigenvalue weighted by Crippen LogP contribution is -2.30. The van der Waals surface area contributed by atoms with Crippen molar-refractivity contribution in [3.05, 3.63) is 57.4 Å². The highest BCUT2D eigenvalue weighted by Gasteiger charge is 2.12. The Morgan fingerprint density at radius 1 is 1.25 bits per heavy atom. The molecule has 2 aromatic rings. The molecule has 4 nitrogen and oxygen atoms in total. The molecule has 0 saturated heterocycles. The van der Waals surface area contributed by atoms with Gasteiger partial charge in [-0.25, -0.2) is 0 Å². The zero-order valence-electron chi connectivity index (χ0n) is 12.0. The van der Waals surface area contributed by atoms with Crippen LogP contribution in [0.3, 0.4) is 0 Å². The highest BCUT2D eigenvalue weighted by Crippen LogP contribution is 2.23. The van der Waals surface area contributed by atoms with Gasteiger partial charge in [-0.1, -0.05) is 17.7 Å². The lowest BCUT2D eigenvalue weighted by atomic mass is 10.0. The van der Waals surface area contributed by atoms with E-state index in [1.54, 1.807) is 10.6 Å². The molecule has 1 heterocycles. The molecule has 0 atom stereocenters. The molecule has 0 saturated carbocycles. The largest absolute Gasteiger partial charge is 0.384 e. The first kappa shape index (κ1) is 14.1. The minimum absolute atomic E-state index is 0.190. The Morgan fingerprint density at radius 2 is 1.95 bits per heavy atom. The van der Waals surface area contributed by atoms with Crippen molar-refractivity contribution >= 4 is 5.84 Å². The number of hydrogen-bond acceptors (Lipinski definition) is 2. The number of rotatable bonds is 3. The Labute approximate surface area is 118 Å². The van der Waals surface area contributed by atoms with Crippen LogP contribution in [0.15, 0.2) is 35.1 Å². The van der Waals surface area contributed by atoms with Gasteiger partial charge in [0.1, 0.15) is 5.84 Å². The molecule has 0 aliphatic heterocycles. The van der Waals surface area contributed by atoms with E-state index in [0.717, 1.165) is 22.4 Å². The summed E-state index contributed by atoms with van der Waals surface area (Å²) in [6.45, 7) is 6.52. The van der Waals surface area contributed by atoms with Gasteiger partial charge in [-0.15, -0.1) is 0 Å². The first-order chi connectivity index (χ1) is 9.45. The van der Waals surface area contributed by atoms with E-state index in [1.165, 1.54) is 0 Å². The van der Waals surface area contributed by atoms with Gasteiger partial charge in [0.15, 0.2) is 0 Å². The molecule has 3 N–H and O–H groups in total. The third-order valence-corrected chi connectivity index (χ3v) is 3.45. The average molecular weight is 269 g/mol. The van der Waals surface area contributed by atoms with Crippen LogP contribution in [0.2, 0.25) is 0 Å². The predicted octanol–water partition coefficient (Wildman–Crippen LogP) is 2.44. The van der Waals surface area contributed by atoms with Crippen LogP contribution >= 0.6 is 0 Å². The smallest absolute Gasteiger partial charge is 0.261 e. The van der Waals surface area contributed by atoms with E-state index in [-0.39, 0.29) is 17.0 Å². The van der Waals surface area contributed by atoms with Crippen molar-refractivity contribution in [3.8, 4) is 11.3 Å². The van der Waals surface area contributed by atoms with E-state index in [1.807, 2.05) is 32.9 Å². The molecule has 20 heavy (non-hydrogen) atoms. The van der Waals surface area contributed by atoms with Crippen LogP contribution in [0.1, 0.15) is 23.6 Å². The Bertz CT molecular complexity index is 729. The van der Waals surface area contributed by atoms with E-state index in [4.69, 9.17) is 11.1 Å². The molecule has 1 aromatic heterocycles. The second-order valence-corrected chi connectivity index (χ2v) is 4.91. The van der Waals surface area contributed by atoms with E-state index >= 15 is 0 Å². The summed E-state index contributed by atoms with van der Waals surface area (Å²) in [6, 6.07) is 9.67. The quantitative estimate of drug-likeness (QED) is 0.663. The Hall–Kier alpha value is -2.36. The Morgan fingerprint density at radius 3 is 2.55 bits per heavy atom. The lowest BCUT2D eigenvalue weighted by molar-refractivity contribution is 0.733. The molecule has 2 rings (SSSR count). The lowest BCUT2D eigenvalue weighted by Gasteiger charge is -2.15. The number of amidine groups is 1. The summed E-state index contributed by atoms with van der Waals surface area (Å²) in [5.41, 5.74) is 9.66. The van der Waals surface area contributed by atoms with Crippen LogP contribution < -0.4 is 11.3 Å². The SMILES string of the molecule is CCn1c(-c2cc(C)ccc2C)ccc(C(=N)N)c1=O. The minimum Gasteiger partial charge on any atom is -0.384 e. The molecule has 0 fully saturated rings. The fraction of sp³-hybridized carbons (Fsp3) is 0.250. The summed E-state index contributed by atoms with van der Waals surface area (Å²) in [5, 5.41) is 7.46. The van der Waals surface area contributed by atoms with Gasteiger partial charge in [0, 0.05) is 12.1 Å². The number of hydrogen-bond donors (Lipinski definition) is 2. The van der Waals surface area contributed by atoms with Gasteiger partial charge >= 0.3 is 0 Å². The standard InChI is InChI=1S/C16H19N3O/c1-4-19-14(8-7-12(15(17)18)16(19)20)13-9-10(2)5-6-11(13)3/h5-9H,4H2,1-3H3,(H3,17,18). The number of nitrogens with zero attached hydrogens (tertiary/aromatic N) is 1. The molecular formula is C16H19N3O. The van der Waals surface area contributed by atoms with Crippen molar-refractivity contribution in [1.82, 2.24) is 4.57 Å². The number of aromatic nitrogens is 1. The number of nitrogen functional groups attached to an aromatic ring is 1. The summed E-state index contributed by atoms with van der Waals surface area (Å²) in [5.74, 6) is -0.190. The van der Waals surface area contributed by atoms with Gasteiger partial charge in [0.25, 0.3) is 5.56 Å². The maximum Gasteiger partial charge on any atom is 0.261 e. The molecule has 0 radical (unpaired) electrons. The fourth-order valence-corrected chi connectivity index (χ4v) is 2.34. The fourth-order valence-electron chi connectivity index (χ4n) is 2.34. The molecule has 0 spiro atoms. The normalized spacial score (nSPS) is 10.6. The summed E-state index contributed by atoms with van der Waals surface area (Å²) in [6.07, 6.45) is 0. The maximum absolute atomic E-state index is 12.4. The van der Waals surface area contributed by atoms with Crippen LogP contribution in [0.25, 0.3) is 11.3 Å². The van der Waals surface area contributed by atoms with Crippen LogP contribution in [-0.4, -0.2) is 10.4 Å². The molecule has 0 amide bonds. The Kier molecular flexibility index (Phi) is 3.74. The third-order valence-electron chi connectivity index (χ3n) is 3.45. The number of pyridine rings is 1. The van der Waals surface area contributed by atoms with E-state index in [2.05, 4.69) is 12.1 Å². The Balaban J connectivity index is 2.75. The zero-order chi connectivity index (χ0) is 14.9. The average Bonchev–Trinajstić information content (AvgIpc) is 2.40. The molecule has 0 aliphatic carbocycles. The number of benzene rings is 1. The van der Waals surface area contributed by atoms with Crippen LogP contribution in [-0.2, 0) is 6.54 Å². The maximum atomic E-state index is 12.4. The zero-order valence-corrected chi connectivity index (χ0v) is 12.0. The molecule has 0 unspecified atom stereocenters. The van der Waals surface area contributed by atoms with Gasteiger partial charge in [0.2, 0.25) is 0 Å². The number of nitrogens with two attached hydrogens (primary N) is 1. The third kappa shape index (κ3) is 2.37. The number of aryl methyl sites for hydroxylation is 2. The van der Waals surface area contributed by atoms with E-state index in [9.17, 15) is 4.79 Å². The van der Waals surface area contributed by atoms with Crippen molar-refractivity contribution in [2.75, 3.05) is 0 Å². The number of nitrogens with one attached hydrogen (secondary N) is 1. The monoisotopic (exact) mass is 269 g/mol. The highest BCUT2D eigenvalue weighted by molar-refractivity contribution is 5.94. The predicted molar refractivity (Wildman–Crippen MR) is 82.3 cm³/mol. The van der Waals surface area contributed by atoms with E-state index in [0.29, 0.717) is 6.54 Å². The summed E-state index contributed by atoms with van der Waals surface area (Å²) < 4.78 is 1.67. The van der Waals surface area contributed by atoms with Crippen molar-refractivity contribution in [3.63, 3.8) is 0 Å². The molecule has 0 aliphatic rings. The first-order valence-corrected chi connectivity index (χ1v) is 6.61. The second-order valence-electron chi connectivity index (χ2n) is 4.91. The van der Waals surface area contributed by atoms with Crippen molar-refractivity contribution in [2.24, 2.45) is 5.73 Å².